The van der Waals surface area contributed by atoms with E-state index in [4.69, 9.17) is 9.47 Å². The van der Waals surface area contributed by atoms with Gasteiger partial charge in [0, 0.05) is 24.4 Å². The number of ketones is 1. The Hall–Kier alpha value is -2.57. The average molecular weight is 374 g/mol. The molecule has 27 heavy (non-hydrogen) atoms. The largest absolute Gasteiger partial charge is 0.486 e. The van der Waals surface area contributed by atoms with Gasteiger partial charge in [0.1, 0.15) is 13.2 Å². The van der Waals surface area contributed by atoms with Gasteiger partial charge in [0.05, 0.1) is 6.54 Å². The second kappa shape index (κ2) is 9.39. The van der Waals surface area contributed by atoms with Gasteiger partial charge in [-0.15, -0.1) is 0 Å². The number of hydrogen-bond donors (Lipinski definition) is 2. The van der Waals surface area contributed by atoms with Crippen LogP contribution in [0.15, 0.2) is 18.2 Å². The smallest absolute Gasteiger partial charge is 0.239 e. The number of nitrogens with one attached hydrogen (secondary N) is 2. The molecule has 0 radical (unpaired) electrons. The summed E-state index contributed by atoms with van der Waals surface area (Å²) >= 11 is 0. The molecule has 0 unspecified atom stereocenters. The number of ether oxygens (including phenoxy) is 2. The van der Waals surface area contributed by atoms with Crippen LogP contribution in [0.5, 0.6) is 11.5 Å². The molecule has 146 valence electrons. The lowest BCUT2D eigenvalue weighted by Gasteiger charge is -2.22. The van der Waals surface area contributed by atoms with Gasteiger partial charge in [0.15, 0.2) is 17.3 Å². The van der Waals surface area contributed by atoms with Crippen LogP contribution >= 0.6 is 0 Å². The third kappa shape index (κ3) is 5.70. The minimum Gasteiger partial charge on any atom is -0.486 e. The van der Waals surface area contributed by atoms with Gasteiger partial charge in [0.25, 0.3) is 0 Å². The maximum atomic E-state index is 12.3. The van der Waals surface area contributed by atoms with Crippen molar-refractivity contribution in [2.45, 2.75) is 51.0 Å². The van der Waals surface area contributed by atoms with Crippen LogP contribution in [0.2, 0.25) is 0 Å². The Morgan fingerprint density at radius 2 is 1.67 bits per heavy atom. The van der Waals surface area contributed by atoms with Gasteiger partial charge >= 0.3 is 0 Å². The molecule has 1 aliphatic heterocycles. The van der Waals surface area contributed by atoms with Crippen molar-refractivity contribution < 1.29 is 23.9 Å². The SMILES string of the molecule is O=C(CCC(=O)c1ccc2c(c1)OCCO2)NCC(=O)NC1CCCCC1. The fraction of sp³-hybridized carbons (Fsp3) is 0.550. The van der Waals surface area contributed by atoms with Gasteiger partial charge in [-0.25, -0.2) is 0 Å². The summed E-state index contributed by atoms with van der Waals surface area (Å²) in [4.78, 5) is 36.1. The molecule has 1 fully saturated rings. The number of fused-ring (bicyclic) bond motifs is 1. The second-order valence-corrected chi connectivity index (χ2v) is 6.96. The third-order valence-corrected chi connectivity index (χ3v) is 4.86. The predicted octanol–water partition coefficient (Wildman–Crippen LogP) is 1.99. The first-order chi connectivity index (χ1) is 13.1. The van der Waals surface area contributed by atoms with E-state index >= 15 is 0 Å². The van der Waals surface area contributed by atoms with Gasteiger partial charge in [0.2, 0.25) is 11.8 Å². The fourth-order valence-corrected chi connectivity index (χ4v) is 3.38. The zero-order valence-electron chi connectivity index (χ0n) is 15.4. The number of rotatable bonds is 7. The molecule has 2 N–H and O–H groups in total. The Kier molecular flexibility index (Phi) is 6.68. The summed E-state index contributed by atoms with van der Waals surface area (Å²) in [5.41, 5.74) is 0.488. The van der Waals surface area contributed by atoms with Crippen molar-refractivity contribution in [3.63, 3.8) is 0 Å². The summed E-state index contributed by atoms with van der Waals surface area (Å²) in [7, 11) is 0. The van der Waals surface area contributed by atoms with Crippen LogP contribution in [-0.4, -0.2) is 43.4 Å². The van der Waals surface area contributed by atoms with Crippen LogP contribution in [0.1, 0.15) is 55.3 Å². The fourth-order valence-electron chi connectivity index (χ4n) is 3.38. The van der Waals surface area contributed by atoms with E-state index in [0.29, 0.717) is 30.3 Å². The molecule has 0 saturated heterocycles. The molecule has 0 atom stereocenters. The maximum absolute atomic E-state index is 12.3. The summed E-state index contributed by atoms with van der Waals surface area (Å²) in [5.74, 6) is 0.553. The lowest BCUT2D eigenvalue weighted by molar-refractivity contribution is -0.126. The Bertz CT molecular complexity index is 698. The third-order valence-electron chi connectivity index (χ3n) is 4.86. The lowest BCUT2D eigenvalue weighted by atomic mass is 9.95. The van der Waals surface area contributed by atoms with E-state index < -0.39 is 0 Å². The van der Waals surface area contributed by atoms with E-state index in [1.807, 2.05) is 0 Å². The second-order valence-electron chi connectivity index (χ2n) is 6.96. The van der Waals surface area contributed by atoms with Crippen LogP contribution in [-0.2, 0) is 9.59 Å². The molecular weight excluding hydrogens is 348 g/mol. The molecule has 1 aliphatic carbocycles. The van der Waals surface area contributed by atoms with Crippen molar-refractivity contribution >= 4 is 17.6 Å². The predicted molar refractivity (Wildman–Crippen MR) is 99.0 cm³/mol. The van der Waals surface area contributed by atoms with Gasteiger partial charge in [-0.3, -0.25) is 14.4 Å². The topological polar surface area (TPSA) is 93.7 Å². The number of carbonyl (C=O) groups is 3. The minimum atomic E-state index is -0.306. The molecule has 1 heterocycles. The summed E-state index contributed by atoms with van der Waals surface area (Å²) in [5, 5.41) is 5.53. The number of amides is 2. The standard InChI is InChI=1S/C20H26N2O5/c23-16(14-6-8-17-18(12-14)27-11-10-26-17)7-9-19(24)21-13-20(25)22-15-4-2-1-3-5-15/h6,8,12,15H,1-5,7,9-11,13H2,(H,21,24)(H,22,25). The van der Waals surface area contributed by atoms with Crippen LogP contribution in [0.3, 0.4) is 0 Å². The molecule has 1 aromatic carbocycles. The van der Waals surface area contributed by atoms with Crippen molar-refractivity contribution in [2.75, 3.05) is 19.8 Å². The van der Waals surface area contributed by atoms with Crippen molar-refractivity contribution in [3.8, 4) is 11.5 Å². The molecule has 1 saturated carbocycles. The van der Waals surface area contributed by atoms with Crippen molar-refractivity contribution in [1.29, 1.82) is 0 Å². The van der Waals surface area contributed by atoms with Crippen molar-refractivity contribution in [3.05, 3.63) is 23.8 Å². The number of carbonyl (C=O) groups excluding carboxylic acids is 3. The number of benzene rings is 1. The molecule has 7 heteroatoms. The highest BCUT2D eigenvalue weighted by Gasteiger charge is 2.17. The number of Topliss-reactive ketones (excluding diaryl/α,β-unsaturated/α-hetero) is 1. The zero-order chi connectivity index (χ0) is 19.1. The van der Waals surface area contributed by atoms with Gasteiger partial charge in [-0.05, 0) is 31.0 Å². The van der Waals surface area contributed by atoms with Gasteiger partial charge < -0.3 is 20.1 Å². The Morgan fingerprint density at radius 1 is 0.926 bits per heavy atom. The molecule has 0 bridgehead atoms. The lowest BCUT2D eigenvalue weighted by Crippen LogP contribution is -2.42. The van der Waals surface area contributed by atoms with Gasteiger partial charge in [-0.2, -0.15) is 0 Å². The molecular formula is C20H26N2O5. The van der Waals surface area contributed by atoms with Crippen molar-refractivity contribution in [1.82, 2.24) is 10.6 Å². The molecule has 0 spiro atoms. The van der Waals surface area contributed by atoms with E-state index in [0.717, 1.165) is 25.7 Å². The maximum Gasteiger partial charge on any atom is 0.239 e. The van der Waals surface area contributed by atoms with E-state index in [9.17, 15) is 14.4 Å². The van der Waals surface area contributed by atoms with E-state index in [-0.39, 0.29) is 43.0 Å². The first kappa shape index (κ1) is 19.2. The minimum absolute atomic E-state index is 0.0456. The summed E-state index contributed by atoms with van der Waals surface area (Å²) in [6.45, 7) is 0.901. The molecule has 2 amide bonds. The highest BCUT2D eigenvalue weighted by atomic mass is 16.6. The Morgan fingerprint density at radius 3 is 2.44 bits per heavy atom. The van der Waals surface area contributed by atoms with Crippen LogP contribution in [0, 0.1) is 0 Å². The highest BCUT2D eigenvalue weighted by molar-refractivity contribution is 5.98. The normalized spacial score (nSPS) is 16.4. The van der Waals surface area contributed by atoms with Crippen LogP contribution in [0.25, 0.3) is 0 Å². The summed E-state index contributed by atoms with van der Waals surface area (Å²) in [6, 6.07) is 5.25. The Labute approximate surface area is 158 Å². The quantitative estimate of drug-likeness (QED) is 0.712. The van der Waals surface area contributed by atoms with E-state index in [1.54, 1.807) is 18.2 Å². The molecule has 1 aromatic rings. The zero-order valence-corrected chi connectivity index (χ0v) is 15.4. The van der Waals surface area contributed by atoms with E-state index in [2.05, 4.69) is 10.6 Å². The van der Waals surface area contributed by atoms with Gasteiger partial charge in [-0.1, -0.05) is 19.3 Å². The number of hydrogen-bond acceptors (Lipinski definition) is 5. The van der Waals surface area contributed by atoms with Crippen LogP contribution < -0.4 is 20.1 Å². The molecule has 3 rings (SSSR count). The average Bonchev–Trinajstić information content (AvgIpc) is 2.71. The highest BCUT2D eigenvalue weighted by Crippen LogP contribution is 2.31. The molecule has 0 aromatic heterocycles. The molecule has 2 aliphatic rings. The monoisotopic (exact) mass is 374 g/mol. The summed E-state index contributed by atoms with van der Waals surface area (Å²) < 4.78 is 10.9. The first-order valence-electron chi connectivity index (χ1n) is 9.61. The molecule has 7 nitrogen and oxygen atoms in total. The van der Waals surface area contributed by atoms with E-state index in [1.165, 1.54) is 6.42 Å². The van der Waals surface area contributed by atoms with Crippen LogP contribution in [0.4, 0.5) is 0 Å². The summed E-state index contributed by atoms with van der Waals surface area (Å²) in [6.07, 6.45) is 5.63. The van der Waals surface area contributed by atoms with Crippen molar-refractivity contribution in [2.24, 2.45) is 0 Å². The first-order valence-corrected chi connectivity index (χ1v) is 9.61. The Balaban J connectivity index is 1.38.